The Morgan fingerprint density at radius 1 is 1.42 bits per heavy atom. The lowest BCUT2D eigenvalue weighted by Gasteiger charge is -2.20. The summed E-state index contributed by atoms with van der Waals surface area (Å²) < 4.78 is 15.6. The van der Waals surface area contributed by atoms with Gasteiger partial charge in [-0.25, -0.2) is 9.37 Å². The Labute approximate surface area is 112 Å². The van der Waals surface area contributed by atoms with E-state index in [2.05, 4.69) is 23.4 Å². The van der Waals surface area contributed by atoms with E-state index in [4.69, 9.17) is 5.73 Å². The predicted molar refractivity (Wildman–Crippen MR) is 74.6 cm³/mol. The van der Waals surface area contributed by atoms with Gasteiger partial charge in [0.05, 0.1) is 11.0 Å². The lowest BCUT2D eigenvalue weighted by molar-refractivity contribution is 0.464. The van der Waals surface area contributed by atoms with Crippen LogP contribution in [0.15, 0.2) is 18.2 Å². The third-order valence-corrected chi connectivity index (χ3v) is 3.98. The molecule has 3 rings (SSSR count). The Morgan fingerprint density at radius 2 is 2.16 bits per heavy atom. The van der Waals surface area contributed by atoms with E-state index in [0.717, 1.165) is 16.9 Å². The Morgan fingerprint density at radius 3 is 2.74 bits per heavy atom. The second-order valence-electron chi connectivity index (χ2n) is 5.79. The van der Waals surface area contributed by atoms with Crippen molar-refractivity contribution >= 4 is 11.0 Å². The minimum atomic E-state index is -0.228. The molecule has 0 spiro atoms. The minimum Gasteiger partial charge on any atom is -0.330 e. The average molecular weight is 261 g/mol. The summed E-state index contributed by atoms with van der Waals surface area (Å²) in [6.45, 7) is 4.90. The van der Waals surface area contributed by atoms with Crippen molar-refractivity contribution in [2.24, 2.45) is 11.7 Å². The van der Waals surface area contributed by atoms with E-state index in [9.17, 15) is 4.39 Å². The normalized spacial score (nSPS) is 17.3. The summed E-state index contributed by atoms with van der Waals surface area (Å²) >= 11 is 0. The Hall–Kier alpha value is -1.42. The van der Waals surface area contributed by atoms with E-state index in [0.29, 0.717) is 18.5 Å². The second kappa shape index (κ2) is 4.60. The van der Waals surface area contributed by atoms with E-state index >= 15 is 0 Å². The number of fused-ring (bicyclic) bond motifs is 1. The molecule has 1 aliphatic carbocycles. The summed E-state index contributed by atoms with van der Waals surface area (Å²) in [5.41, 5.74) is 7.71. The Bertz CT molecular complexity index is 599. The maximum Gasteiger partial charge on any atom is 0.125 e. The fraction of sp³-hybridized carbons (Fsp3) is 0.533. The molecule has 1 aromatic heterocycles. The van der Waals surface area contributed by atoms with Gasteiger partial charge in [0.2, 0.25) is 0 Å². The summed E-state index contributed by atoms with van der Waals surface area (Å²) in [4.78, 5) is 4.67. The van der Waals surface area contributed by atoms with Crippen molar-refractivity contribution in [3.63, 3.8) is 0 Å². The largest absolute Gasteiger partial charge is 0.330 e. The van der Waals surface area contributed by atoms with Crippen LogP contribution in [-0.2, 0) is 0 Å². The van der Waals surface area contributed by atoms with E-state index in [1.54, 1.807) is 0 Å². The summed E-state index contributed by atoms with van der Waals surface area (Å²) in [5, 5.41) is 0. The smallest absolute Gasteiger partial charge is 0.125 e. The van der Waals surface area contributed by atoms with Crippen LogP contribution in [0, 0.1) is 11.7 Å². The highest BCUT2D eigenvalue weighted by Crippen LogP contribution is 2.41. The number of imidazole rings is 1. The molecular formula is C15H20FN3. The minimum absolute atomic E-state index is 0.228. The molecule has 2 N–H and O–H groups in total. The van der Waals surface area contributed by atoms with Crippen LogP contribution in [0.1, 0.15) is 44.5 Å². The average Bonchev–Trinajstić information content (AvgIpc) is 3.12. The molecule has 102 valence electrons. The number of nitrogens with two attached hydrogens (primary N) is 1. The Kier molecular flexibility index (Phi) is 3.05. The van der Waals surface area contributed by atoms with Crippen LogP contribution in [0.3, 0.4) is 0 Å². The van der Waals surface area contributed by atoms with Crippen molar-refractivity contribution in [3.8, 4) is 0 Å². The molecule has 1 aromatic carbocycles. The molecular weight excluding hydrogens is 241 g/mol. The first-order valence-corrected chi connectivity index (χ1v) is 6.99. The van der Waals surface area contributed by atoms with Crippen LogP contribution < -0.4 is 5.73 Å². The van der Waals surface area contributed by atoms with Crippen molar-refractivity contribution in [1.82, 2.24) is 9.55 Å². The standard InChI is InChI=1S/C15H20FN3/c1-9(2)12(8-17)15-18-13-7-10(16)3-6-14(13)19(15)11-4-5-11/h3,6-7,9,11-12H,4-5,8,17H2,1-2H3. The van der Waals surface area contributed by atoms with E-state index in [1.807, 2.05) is 6.07 Å². The molecule has 1 aliphatic rings. The molecule has 0 radical (unpaired) electrons. The molecule has 0 aliphatic heterocycles. The summed E-state index contributed by atoms with van der Waals surface area (Å²) in [5.74, 6) is 1.47. The number of aromatic nitrogens is 2. The van der Waals surface area contributed by atoms with Crippen molar-refractivity contribution < 1.29 is 4.39 Å². The molecule has 0 saturated heterocycles. The quantitative estimate of drug-likeness (QED) is 0.918. The lowest BCUT2D eigenvalue weighted by Crippen LogP contribution is -2.21. The first-order chi connectivity index (χ1) is 9.11. The lowest BCUT2D eigenvalue weighted by atomic mass is 9.95. The summed E-state index contributed by atoms with van der Waals surface area (Å²) in [6.07, 6.45) is 2.37. The van der Waals surface area contributed by atoms with Gasteiger partial charge in [-0.05, 0) is 30.9 Å². The zero-order valence-electron chi connectivity index (χ0n) is 11.4. The van der Waals surface area contributed by atoms with Gasteiger partial charge in [-0.15, -0.1) is 0 Å². The molecule has 1 atom stereocenters. The SMILES string of the molecule is CC(C)C(CN)c1nc2cc(F)ccc2n1C1CC1. The van der Waals surface area contributed by atoms with Crippen LogP contribution in [0.4, 0.5) is 4.39 Å². The van der Waals surface area contributed by atoms with Gasteiger partial charge in [-0.2, -0.15) is 0 Å². The van der Waals surface area contributed by atoms with Gasteiger partial charge >= 0.3 is 0 Å². The first kappa shape index (κ1) is 12.6. The van der Waals surface area contributed by atoms with E-state index < -0.39 is 0 Å². The fourth-order valence-electron chi connectivity index (χ4n) is 2.74. The van der Waals surface area contributed by atoms with Gasteiger partial charge < -0.3 is 10.3 Å². The van der Waals surface area contributed by atoms with Crippen LogP contribution in [-0.4, -0.2) is 16.1 Å². The fourth-order valence-corrected chi connectivity index (χ4v) is 2.74. The number of hydrogen-bond acceptors (Lipinski definition) is 2. The topological polar surface area (TPSA) is 43.8 Å². The number of nitrogens with zero attached hydrogens (tertiary/aromatic N) is 2. The van der Waals surface area contributed by atoms with Gasteiger partial charge in [0, 0.05) is 24.6 Å². The molecule has 4 heteroatoms. The van der Waals surface area contributed by atoms with Gasteiger partial charge in [0.25, 0.3) is 0 Å². The third-order valence-electron chi connectivity index (χ3n) is 3.98. The first-order valence-electron chi connectivity index (χ1n) is 6.99. The zero-order valence-corrected chi connectivity index (χ0v) is 11.4. The van der Waals surface area contributed by atoms with Crippen molar-refractivity contribution in [2.45, 2.75) is 38.6 Å². The van der Waals surface area contributed by atoms with Crippen LogP contribution in [0.25, 0.3) is 11.0 Å². The molecule has 0 bridgehead atoms. The molecule has 1 unspecified atom stereocenters. The number of rotatable bonds is 4. The second-order valence-corrected chi connectivity index (χ2v) is 5.79. The van der Waals surface area contributed by atoms with Gasteiger partial charge in [-0.1, -0.05) is 13.8 Å². The van der Waals surface area contributed by atoms with Crippen LogP contribution in [0.5, 0.6) is 0 Å². The summed E-state index contributed by atoms with van der Waals surface area (Å²) in [7, 11) is 0. The number of hydrogen-bond donors (Lipinski definition) is 1. The van der Waals surface area contributed by atoms with Gasteiger partial charge in [-0.3, -0.25) is 0 Å². The highest BCUT2D eigenvalue weighted by Gasteiger charge is 2.31. The van der Waals surface area contributed by atoms with Crippen LogP contribution in [0.2, 0.25) is 0 Å². The van der Waals surface area contributed by atoms with Gasteiger partial charge in [0.15, 0.2) is 0 Å². The van der Waals surface area contributed by atoms with E-state index in [1.165, 1.54) is 25.0 Å². The van der Waals surface area contributed by atoms with Gasteiger partial charge in [0.1, 0.15) is 11.6 Å². The third kappa shape index (κ3) is 2.14. The predicted octanol–water partition coefficient (Wildman–Crippen LogP) is 3.21. The summed E-state index contributed by atoms with van der Waals surface area (Å²) in [6, 6.07) is 5.40. The van der Waals surface area contributed by atoms with Crippen molar-refractivity contribution in [3.05, 3.63) is 29.8 Å². The highest BCUT2D eigenvalue weighted by atomic mass is 19.1. The van der Waals surface area contributed by atoms with Crippen molar-refractivity contribution in [1.29, 1.82) is 0 Å². The molecule has 1 saturated carbocycles. The monoisotopic (exact) mass is 261 g/mol. The number of halogens is 1. The zero-order chi connectivity index (χ0) is 13.6. The number of benzene rings is 1. The molecule has 1 heterocycles. The maximum absolute atomic E-state index is 13.4. The highest BCUT2D eigenvalue weighted by molar-refractivity contribution is 5.76. The molecule has 19 heavy (non-hydrogen) atoms. The van der Waals surface area contributed by atoms with E-state index in [-0.39, 0.29) is 11.7 Å². The Balaban J connectivity index is 2.19. The van der Waals surface area contributed by atoms with Crippen molar-refractivity contribution in [2.75, 3.05) is 6.54 Å². The maximum atomic E-state index is 13.4. The molecule has 1 fully saturated rings. The molecule has 0 amide bonds. The van der Waals surface area contributed by atoms with Crippen LogP contribution >= 0.6 is 0 Å². The molecule has 2 aromatic rings. The molecule has 3 nitrogen and oxygen atoms in total.